The van der Waals surface area contributed by atoms with E-state index in [9.17, 15) is 4.79 Å². The van der Waals surface area contributed by atoms with Gasteiger partial charge in [0.15, 0.2) is 0 Å². The topological polar surface area (TPSA) is 56.8 Å². The lowest BCUT2D eigenvalue weighted by Crippen LogP contribution is -2.48. The van der Waals surface area contributed by atoms with Crippen LogP contribution in [0.5, 0.6) is 5.75 Å². The van der Waals surface area contributed by atoms with Crippen molar-refractivity contribution >= 4 is 23.2 Å². The molecule has 26 heavy (non-hydrogen) atoms. The summed E-state index contributed by atoms with van der Waals surface area (Å²) in [5.74, 6) is 1.13. The zero-order chi connectivity index (χ0) is 19.0. The van der Waals surface area contributed by atoms with Crippen molar-refractivity contribution in [1.29, 1.82) is 0 Å². The van der Waals surface area contributed by atoms with Gasteiger partial charge in [-0.25, -0.2) is 0 Å². The summed E-state index contributed by atoms with van der Waals surface area (Å²) in [6, 6.07) is 5.27. The van der Waals surface area contributed by atoms with E-state index in [1.165, 1.54) is 0 Å². The van der Waals surface area contributed by atoms with Gasteiger partial charge < -0.3 is 19.5 Å². The summed E-state index contributed by atoms with van der Waals surface area (Å²) in [6.45, 7) is 5.79. The summed E-state index contributed by atoms with van der Waals surface area (Å²) >= 11 is 6.27. The Bertz CT molecular complexity index is 580. The highest BCUT2D eigenvalue weighted by Crippen LogP contribution is 2.36. The quantitative estimate of drug-likeness (QED) is 0.629. The zero-order valence-corrected chi connectivity index (χ0v) is 16.7. The van der Waals surface area contributed by atoms with Crippen LogP contribution in [0, 0.1) is 5.92 Å². The molecule has 1 amide bonds. The van der Waals surface area contributed by atoms with Crippen molar-refractivity contribution in [2.45, 2.75) is 51.6 Å². The number of benzene rings is 1. The molecule has 2 rings (SSSR count). The molecule has 1 saturated carbocycles. The Morgan fingerprint density at radius 1 is 1.27 bits per heavy atom. The van der Waals surface area contributed by atoms with Crippen LogP contribution in [0.1, 0.15) is 46.0 Å². The van der Waals surface area contributed by atoms with Gasteiger partial charge in [0.25, 0.3) is 5.91 Å². The number of anilines is 1. The van der Waals surface area contributed by atoms with E-state index in [1.807, 2.05) is 0 Å². The highest BCUT2D eigenvalue weighted by atomic mass is 35.5. The standard InChI is InChI=1S/C20H30ClNO4/c1-4-11-26-20(9-7-15(2)8-10-20)19(23)22-16-5-6-18(17(21)14-16)25-13-12-24-3/h5-6,14-15H,4,7-13H2,1-3H3,(H,22,23). The van der Waals surface area contributed by atoms with Crippen molar-refractivity contribution < 1.29 is 19.0 Å². The van der Waals surface area contributed by atoms with Crippen LogP contribution in [0.15, 0.2) is 18.2 Å². The first-order chi connectivity index (χ1) is 12.5. The maximum absolute atomic E-state index is 13.0. The van der Waals surface area contributed by atoms with Gasteiger partial charge in [0.1, 0.15) is 18.0 Å². The van der Waals surface area contributed by atoms with E-state index < -0.39 is 5.60 Å². The second-order valence-corrected chi connectivity index (χ2v) is 7.37. The van der Waals surface area contributed by atoms with Crippen molar-refractivity contribution in [3.8, 4) is 5.75 Å². The number of carbonyl (C=O) groups is 1. The maximum atomic E-state index is 13.0. The molecule has 1 aliphatic rings. The first-order valence-electron chi connectivity index (χ1n) is 9.37. The van der Waals surface area contributed by atoms with Crippen LogP contribution in [-0.2, 0) is 14.3 Å². The average Bonchev–Trinajstić information content (AvgIpc) is 2.63. The molecule has 0 saturated heterocycles. The van der Waals surface area contributed by atoms with E-state index in [-0.39, 0.29) is 5.91 Å². The lowest BCUT2D eigenvalue weighted by atomic mass is 9.78. The lowest BCUT2D eigenvalue weighted by molar-refractivity contribution is -0.147. The highest BCUT2D eigenvalue weighted by molar-refractivity contribution is 6.32. The summed E-state index contributed by atoms with van der Waals surface area (Å²) in [6.07, 6.45) is 4.41. The fraction of sp³-hybridized carbons (Fsp3) is 0.650. The predicted octanol–water partition coefficient (Wildman–Crippen LogP) is 4.68. The van der Waals surface area contributed by atoms with Gasteiger partial charge in [0, 0.05) is 19.4 Å². The molecule has 0 aliphatic heterocycles. The van der Waals surface area contributed by atoms with E-state index in [2.05, 4.69) is 19.2 Å². The molecular formula is C20H30ClNO4. The minimum Gasteiger partial charge on any atom is -0.490 e. The minimum atomic E-state index is -0.733. The number of amides is 1. The van der Waals surface area contributed by atoms with E-state index in [0.29, 0.717) is 42.2 Å². The summed E-state index contributed by atoms with van der Waals surface area (Å²) in [7, 11) is 1.62. The molecule has 1 aromatic carbocycles. The molecule has 1 aliphatic carbocycles. The Morgan fingerprint density at radius 3 is 2.62 bits per heavy atom. The molecule has 0 radical (unpaired) electrons. The van der Waals surface area contributed by atoms with Gasteiger partial charge in [-0.3, -0.25) is 4.79 Å². The highest BCUT2D eigenvalue weighted by Gasteiger charge is 2.42. The van der Waals surface area contributed by atoms with E-state index in [4.69, 9.17) is 25.8 Å². The van der Waals surface area contributed by atoms with Gasteiger partial charge in [-0.1, -0.05) is 25.4 Å². The summed E-state index contributed by atoms with van der Waals surface area (Å²) in [5, 5.41) is 3.44. The Kier molecular flexibility index (Phi) is 8.19. The van der Waals surface area contributed by atoms with E-state index in [0.717, 1.165) is 32.1 Å². The number of ether oxygens (including phenoxy) is 3. The summed E-state index contributed by atoms with van der Waals surface area (Å²) in [5.41, 5.74) is -0.0833. The molecule has 6 heteroatoms. The molecule has 1 N–H and O–H groups in total. The van der Waals surface area contributed by atoms with Crippen LogP contribution in [0.3, 0.4) is 0 Å². The minimum absolute atomic E-state index is 0.0815. The van der Waals surface area contributed by atoms with Crippen LogP contribution in [0.4, 0.5) is 5.69 Å². The Morgan fingerprint density at radius 2 is 2.00 bits per heavy atom. The predicted molar refractivity (Wildman–Crippen MR) is 104 cm³/mol. The normalized spacial score (nSPS) is 22.8. The monoisotopic (exact) mass is 383 g/mol. The average molecular weight is 384 g/mol. The lowest BCUT2D eigenvalue weighted by Gasteiger charge is -2.38. The first kappa shape index (κ1) is 21.0. The molecule has 5 nitrogen and oxygen atoms in total. The second-order valence-electron chi connectivity index (χ2n) is 6.97. The Balaban J connectivity index is 2.05. The number of hydrogen-bond acceptors (Lipinski definition) is 4. The summed E-state index contributed by atoms with van der Waals surface area (Å²) < 4.78 is 16.5. The number of nitrogens with one attached hydrogen (secondary N) is 1. The molecule has 0 aromatic heterocycles. The SMILES string of the molecule is CCCOC1(C(=O)Nc2ccc(OCCOC)c(Cl)c2)CCC(C)CC1. The molecule has 1 aromatic rings. The maximum Gasteiger partial charge on any atom is 0.256 e. The smallest absolute Gasteiger partial charge is 0.256 e. The van der Waals surface area contributed by atoms with Crippen LogP contribution < -0.4 is 10.1 Å². The number of methoxy groups -OCH3 is 1. The zero-order valence-electron chi connectivity index (χ0n) is 16.0. The van der Waals surface area contributed by atoms with Crippen LogP contribution in [-0.4, -0.2) is 38.4 Å². The van der Waals surface area contributed by atoms with Crippen molar-refractivity contribution in [3.63, 3.8) is 0 Å². The van der Waals surface area contributed by atoms with Gasteiger partial charge in [-0.05, 0) is 56.2 Å². The molecule has 1 fully saturated rings. The number of rotatable bonds is 9. The largest absolute Gasteiger partial charge is 0.490 e. The first-order valence-corrected chi connectivity index (χ1v) is 9.75. The molecule has 0 bridgehead atoms. The number of hydrogen-bond donors (Lipinski definition) is 1. The molecule has 146 valence electrons. The third-order valence-electron chi connectivity index (χ3n) is 4.81. The molecule has 0 heterocycles. The molecular weight excluding hydrogens is 354 g/mol. The number of halogens is 1. The third-order valence-corrected chi connectivity index (χ3v) is 5.11. The van der Waals surface area contributed by atoms with Gasteiger partial charge in [0.05, 0.1) is 11.6 Å². The Hall–Kier alpha value is -1.30. The number of carbonyl (C=O) groups excluding carboxylic acids is 1. The van der Waals surface area contributed by atoms with Crippen molar-refractivity contribution in [2.75, 3.05) is 32.2 Å². The molecule has 0 atom stereocenters. The second kappa shape index (κ2) is 10.1. The van der Waals surface area contributed by atoms with Gasteiger partial charge in [-0.15, -0.1) is 0 Å². The van der Waals surface area contributed by atoms with E-state index in [1.54, 1.807) is 25.3 Å². The van der Waals surface area contributed by atoms with E-state index >= 15 is 0 Å². The van der Waals surface area contributed by atoms with Crippen molar-refractivity contribution in [3.05, 3.63) is 23.2 Å². The van der Waals surface area contributed by atoms with Crippen molar-refractivity contribution in [2.24, 2.45) is 5.92 Å². The fourth-order valence-corrected chi connectivity index (χ4v) is 3.37. The van der Waals surface area contributed by atoms with Crippen LogP contribution >= 0.6 is 11.6 Å². The third kappa shape index (κ3) is 5.60. The fourth-order valence-electron chi connectivity index (χ4n) is 3.14. The molecule has 0 unspecified atom stereocenters. The van der Waals surface area contributed by atoms with Crippen LogP contribution in [0.25, 0.3) is 0 Å². The van der Waals surface area contributed by atoms with Gasteiger partial charge >= 0.3 is 0 Å². The summed E-state index contributed by atoms with van der Waals surface area (Å²) in [4.78, 5) is 13.0. The Labute approximate surface area is 161 Å². The molecule has 0 spiro atoms. The van der Waals surface area contributed by atoms with Crippen LogP contribution in [0.2, 0.25) is 5.02 Å². The van der Waals surface area contributed by atoms with Crippen molar-refractivity contribution in [1.82, 2.24) is 0 Å². The van der Waals surface area contributed by atoms with Gasteiger partial charge in [-0.2, -0.15) is 0 Å². The van der Waals surface area contributed by atoms with Gasteiger partial charge in [0.2, 0.25) is 0 Å².